The molecule has 3 rings (SSSR count). The molecule has 3 heterocycles. The van der Waals surface area contributed by atoms with Crippen molar-refractivity contribution in [3.8, 4) is 6.07 Å². The highest BCUT2D eigenvalue weighted by atomic mass is 32.2. The summed E-state index contributed by atoms with van der Waals surface area (Å²) < 4.78 is 5.01. The molecule has 0 aliphatic heterocycles. The Balaban J connectivity index is 1.53. The van der Waals surface area contributed by atoms with Gasteiger partial charge < -0.3 is 4.74 Å². The first-order valence-electron chi connectivity index (χ1n) is 7.39. The second kappa shape index (κ2) is 8.35. The molecule has 0 amide bonds. The first kappa shape index (κ1) is 18.4. The van der Waals surface area contributed by atoms with E-state index in [9.17, 15) is 14.9 Å². The van der Waals surface area contributed by atoms with Gasteiger partial charge in [-0.25, -0.2) is 15.0 Å². The van der Waals surface area contributed by atoms with Crippen molar-refractivity contribution in [2.24, 2.45) is 0 Å². The third-order valence-corrected chi connectivity index (χ3v) is 6.09. The number of aromatic nitrogens is 3. The number of carbonyl (C=O) groups is 2. The summed E-state index contributed by atoms with van der Waals surface area (Å²) in [6.45, 7) is 1.33. The van der Waals surface area contributed by atoms with Crippen LogP contribution in [0, 0.1) is 18.3 Å². The number of thioether (sulfide) groups is 1. The number of nitriles is 1. The lowest BCUT2D eigenvalue weighted by Crippen LogP contribution is -2.20. The molecule has 10 heteroatoms. The molecule has 0 aromatic carbocycles. The van der Waals surface area contributed by atoms with Crippen LogP contribution in [0.15, 0.2) is 28.2 Å². The average Bonchev–Trinajstić information content (AvgIpc) is 3.28. The van der Waals surface area contributed by atoms with Gasteiger partial charge in [-0.15, -0.1) is 22.7 Å². The molecule has 1 atom stereocenters. The normalized spacial score (nSPS) is 11.8. The Hall–Kier alpha value is -2.35. The van der Waals surface area contributed by atoms with E-state index in [0.29, 0.717) is 10.0 Å². The fourth-order valence-electron chi connectivity index (χ4n) is 2.06. The Morgan fingerprint density at radius 3 is 2.96 bits per heavy atom. The minimum absolute atomic E-state index is 0.0167. The van der Waals surface area contributed by atoms with E-state index in [0.717, 1.165) is 15.9 Å². The van der Waals surface area contributed by atoms with E-state index < -0.39 is 24.3 Å². The molecule has 3 aromatic heterocycles. The minimum atomic E-state index is -1.01. The Labute approximate surface area is 161 Å². The molecule has 3 aromatic rings. The first-order chi connectivity index (χ1) is 12.6. The molecule has 0 N–H and O–H groups in total. The lowest BCUT2D eigenvalue weighted by molar-refractivity contribution is -0.145. The van der Waals surface area contributed by atoms with Gasteiger partial charge in [0.2, 0.25) is 0 Å². The van der Waals surface area contributed by atoms with Gasteiger partial charge in [0.1, 0.15) is 21.2 Å². The van der Waals surface area contributed by atoms with Gasteiger partial charge in [-0.2, -0.15) is 5.26 Å². The van der Waals surface area contributed by atoms with Crippen molar-refractivity contribution in [3.63, 3.8) is 0 Å². The van der Waals surface area contributed by atoms with E-state index in [1.165, 1.54) is 40.8 Å². The van der Waals surface area contributed by atoms with Gasteiger partial charge in [0.25, 0.3) is 0 Å². The molecule has 0 spiro atoms. The number of nitrogens with zero attached hydrogens (tertiary/aromatic N) is 4. The largest absolute Gasteiger partial charge is 0.457 e. The molecule has 132 valence electrons. The highest BCUT2D eigenvalue weighted by Gasteiger charge is 2.24. The van der Waals surface area contributed by atoms with Crippen LogP contribution in [0.5, 0.6) is 0 Å². The number of Topliss-reactive ketones (excluding diaryl/α,β-unsaturated/α-hetero) is 1. The highest BCUT2D eigenvalue weighted by molar-refractivity contribution is 8.00. The van der Waals surface area contributed by atoms with Gasteiger partial charge in [-0.3, -0.25) is 9.59 Å². The summed E-state index contributed by atoms with van der Waals surface area (Å²) in [6, 6.07) is 3.81. The van der Waals surface area contributed by atoms with E-state index in [1.807, 2.05) is 17.5 Å². The lowest BCUT2D eigenvalue weighted by atomic mass is 10.1. The van der Waals surface area contributed by atoms with Crippen LogP contribution >= 0.6 is 34.4 Å². The minimum Gasteiger partial charge on any atom is -0.457 e. The van der Waals surface area contributed by atoms with E-state index >= 15 is 0 Å². The van der Waals surface area contributed by atoms with Crippen LogP contribution < -0.4 is 0 Å². The molecule has 0 radical (unpaired) electrons. The summed E-state index contributed by atoms with van der Waals surface area (Å²) in [5.41, 5.74) is 0.746. The van der Waals surface area contributed by atoms with Crippen LogP contribution in [0.4, 0.5) is 0 Å². The van der Waals surface area contributed by atoms with Gasteiger partial charge in [-0.05, 0) is 18.4 Å². The molecular weight excluding hydrogens is 392 g/mol. The number of hydrogen-bond acceptors (Lipinski definition) is 10. The number of carbonyl (C=O) groups excluding carboxylic acids is 2. The monoisotopic (exact) mass is 404 g/mol. The van der Waals surface area contributed by atoms with Gasteiger partial charge in [0.15, 0.2) is 18.3 Å². The number of hydrogen-bond donors (Lipinski definition) is 0. The Morgan fingerprint density at radius 1 is 1.38 bits per heavy atom. The molecule has 0 unspecified atom stereocenters. The Morgan fingerprint density at radius 2 is 2.23 bits per heavy atom. The fraction of sp³-hybridized carbons (Fsp3) is 0.250. The number of ketones is 1. The number of aryl methyl sites for hydroxylation is 1. The summed E-state index contributed by atoms with van der Waals surface area (Å²) in [5.74, 6) is -2.02. The van der Waals surface area contributed by atoms with E-state index in [2.05, 4.69) is 15.0 Å². The fourth-order valence-corrected chi connectivity index (χ4v) is 4.49. The lowest BCUT2D eigenvalue weighted by Gasteiger charge is -2.07. The zero-order chi connectivity index (χ0) is 18.5. The number of thiophene rings is 1. The Bertz CT molecular complexity index is 992. The maximum atomic E-state index is 12.1. The van der Waals surface area contributed by atoms with Crippen LogP contribution in [0.2, 0.25) is 0 Å². The molecule has 0 saturated carbocycles. The SMILES string of the molecule is Cc1csc([C@@H](C#N)C(=O)COC(=O)CSc2ncnc3sccc23)n1. The number of thiazole rings is 1. The molecule has 26 heavy (non-hydrogen) atoms. The predicted octanol–water partition coefficient (Wildman–Crippen LogP) is 2.97. The van der Waals surface area contributed by atoms with E-state index in [1.54, 1.807) is 12.3 Å². The van der Waals surface area contributed by atoms with Crippen molar-refractivity contribution < 1.29 is 14.3 Å². The van der Waals surface area contributed by atoms with Gasteiger partial charge in [-0.1, -0.05) is 11.8 Å². The van der Waals surface area contributed by atoms with E-state index in [4.69, 9.17) is 4.74 Å². The number of ether oxygens (including phenoxy) is 1. The standard InChI is InChI=1S/C16H12N4O3S3/c1-9-6-25-16(20-9)11(4-17)12(21)5-23-13(22)7-26-15-10-2-3-24-14(10)18-8-19-15/h2-3,6,8,11H,5,7H2,1H3/t11-/m0/s1. The molecule has 7 nitrogen and oxygen atoms in total. The maximum Gasteiger partial charge on any atom is 0.316 e. The summed E-state index contributed by atoms with van der Waals surface area (Å²) in [5, 5.41) is 14.9. The Kier molecular flexibility index (Phi) is 5.92. The molecule has 0 aliphatic carbocycles. The van der Waals surface area contributed by atoms with Crippen LogP contribution in [-0.2, 0) is 14.3 Å². The molecule has 0 fully saturated rings. The maximum absolute atomic E-state index is 12.1. The van der Waals surface area contributed by atoms with E-state index in [-0.39, 0.29) is 5.75 Å². The zero-order valence-corrected chi connectivity index (χ0v) is 16.0. The average molecular weight is 404 g/mol. The molecular formula is C16H12N4O3S3. The van der Waals surface area contributed by atoms with Crippen LogP contribution in [0.1, 0.15) is 16.6 Å². The predicted molar refractivity (Wildman–Crippen MR) is 99.3 cm³/mol. The number of rotatable bonds is 7. The quantitative estimate of drug-likeness (QED) is 0.336. The number of esters is 1. The topological polar surface area (TPSA) is 106 Å². The van der Waals surface area contributed by atoms with Crippen molar-refractivity contribution in [3.05, 3.63) is 33.9 Å². The van der Waals surface area contributed by atoms with Gasteiger partial charge in [0, 0.05) is 16.5 Å². The smallest absolute Gasteiger partial charge is 0.316 e. The van der Waals surface area contributed by atoms with Crippen molar-refractivity contribution in [1.29, 1.82) is 5.26 Å². The van der Waals surface area contributed by atoms with Crippen molar-refractivity contribution >= 4 is 56.4 Å². The third kappa shape index (κ3) is 4.24. The first-order valence-corrected chi connectivity index (χ1v) is 10.1. The summed E-state index contributed by atoms with van der Waals surface area (Å²) in [7, 11) is 0. The van der Waals surface area contributed by atoms with Crippen LogP contribution in [0.3, 0.4) is 0 Å². The van der Waals surface area contributed by atoms with Crippen molar-refractivity contribution in [2.45, 2.75) is 17.9 Å². The highest BCUT2D eigenvalue weighted by Crippen LogP contribution is 2.27. The van der Waals surface area contributed by atoms with Gasteiger partial charge in [0.05, 0.1) is 11.8 Å². The second-order valence-electron chi connectivity index (χ2n) is 5.12. The molecule has 0 aliphatic rings. The summed E-state index contributed by atoms with van der Waals surface area (Å²) in [4.78, 5) is 37.4. The molecule has 0 bridgehead atoms. The summed E-state index contributed by atoms with van der Waals surface area (Å²) in [6.07, 6.45) is 1.45. The zero-order valence-electron chi connectivity index (χ0n) is 13.5. The van der Waals surface area contributed by atoms with Crippen molar-refractivity contribution in [2.75, 3.05) is 12.4 Å². The van der Waals surface area contributed by atoms with Crippen LogP contribution in [0.25, 0.3) is 10.2 Å². The third-order valence-electron chi connectivity index (χ3n) is 3.26. The number of fused-ring (bicyclic) bond motifs is 1. The second-order valence-corrected chi connectivity index (χ2v) is 7.87. The van der Waals surface area contributed by atoms with Gasteiger partial charge >= 0.3 is 5.97 Å². The van der Waals surface area contributed by atoms with Crippen LogP contribution in [-0.4, -0.2) is 39.1 Å². The molecule has 0 saturated heterocycles. The summed E-state index contributed by atoms with van der Waals surface area (Å²) >= 11 is 3.96. The van der Waals surface area contributed by atoms with Crippen molar-refractivity contribution in [1.82, 2.24) is 15.0 Å².